The number of carbonyl (C=O) groups excluding carboxylic acids is 1. The van der Waals surface area contributed by atoms with Crippen LogP contribution < -0.4 is 9.64 Å². The normalized spacial score (nSPS) is 14.4. The van der Waals surface area contributed by atoms with Gasteiger partial charge >= 0.3 is 0 Å². The molecule has 1 amide bonds. The van der Waals surface area contributed by atoms with Gasteiger partial charge in [-0.1, -0.05) is 18.2 Å². The van der Waals surface area contributed by atoms with Gasteiger partial charge in [0.05, 0.1) is 17.6 Å². The summed E-state index contributed by atoms with van der Waals surface area (Å²) in [6.07, 6.45) is 4.41. The zero-order valence-corrected chi connectivity index (χ0v) is 17.1. The van der Waals surface area contributed by atoms with Gasteiger partial charge in [-0.05, 0) is 42.5 Å². The molecule has 0 saturated carbocycles. The number of amides is 1. The Hall–Kier alpha value is -4.12. The summed E-state index contributed by atoms with van der Waals surface area (Å²) in [7, 11) is 1.62. The molecule has 31 heavy (non-hydrogen) atoms. The number of anilines is 1. The Morgan fingerprint density at radius 3 is 2.42 bits per heavy atom. The minimum atomic E-state index is -0.470. The Labute approximate surface area is 180 Å². The van der Waals surface area contributed by atoms with Crippen molar-refractivity contribution in [3.05, 3.63) is 81.9 Å². The molecule has 2 aromatic rings. The van der Waals surface area contributed by atoms with Gasteiger partial charge in [-0.15, -0.1) is 0 Å². The van der Waals surface area contributed by atoms with Crippen LogP contribution in [0.15, 0.2) is 66.3 Å². The van der Waals surface area contributed by atoms with Crippen LogP contribution in [0.4, 0.5) is 11.4 Å². The van der Waals surface area contributed by atoms with Crippen LogP contribution in [0.3, 0.4) is 0 Å². The highest BCUT2D eigenvalue weighted by Crippen LogP contribution is 2.21. The van der Waals surface area contributed by atoms with E-state index in [0.29, 0.717) is 31.7 Å². The number of carbonyl (C=O) groups is 1. The Balaban J connectivity index is 1.63. The van der Waals surface area contributed by atoms with Crippen LogP contribution in [0.1, 0.15) is 5.56 Å². The molecule has 1 fully saturated rings. The molecule has 1 saturated heterocycles. The fraction of sp³-hybridized carbons (Fsp3) is 0.217. The first kappa shape index (κ1) is 21.6. The van der Waals surface area contributed by atoms with Gasteiger partial charge in [-0.25, -0.2) is 0 Å². The predicted octanol–water partition coefficient (Wildman–Crippen LogP) is 3.42. The highest BCUT2D eigenvalue weighted by atomic mass is 16.6. The maximum absolute atomic E-state index is 12.7. The highest BCUT2D eigenvalue weighted by Gasteiger charge is 2.23. The number of benzene rings is 2. The Morgan fingerprint density at radius 2 is 1.81 bits per heavy atom. The molecule has 1 heterocycles. The predicted molar refractivity (Wildman–Crippen MR) is 118 cm³/mol. The first-order valence-corrected chi connectivity index (χ1v) is 9.73. The van der Waals surface area contributed by atoms with Crippen molar-refractivity contribution in [1.82, 2.24) is 4.90 Å². The van der Waals surface area contributed by atoms with Crippen LogP contribution in [-0.4, -0.2) is 49.0 Å². The lowest BCUT2D eigenvalue weighted by Gasteiger charge is -2.36. The van der Waals surface area contributed by atoms with Crippen molar-refractivity contribution in [2.45, 2.75) is 0 Å². The molecule has 158 valence electrons. The van der Waals surface area contributed by atoms with E-state index in [4.69, 9.17) is 4.74 Å². The molecule has 8 nitrogen and oxygen atoms in total. The molecule has 0 spiro atoms. The second kappa shape index (κ2) is 10.1. The summed E-state index contributed by atoms with van der Waals surface area (Å²) in [4.78, 5) is 27.2. The molecule has 3 rings (SSSR count). The molecular formula is C23H22N4O4. The second-order valence-electron chi connectivity index (χ2n) is 6.84. The average Bonchev–Trinajstić information content (AvgIpc) is 2.82. The van der Waals surface area contributed by atoms with Crippen LogP contribution in [0, 0.1) is 21.4 Å². The van der Waals surface area contributed by atoms with Gasteiger partial charge in [-0.3, -0.25) is 14.9 Å². The molecule has 0 radical (unpaired) electrons. The topological polar surface area (TPSA) is 99.7 Å². The average molecular weight is 418 g/mol. The first-order valence-electron chi connectivity index (χ1n) is 9.73. The number of nitrogens with zero attached hydrogens (tertiary/aromatic N) is 4. The molecular weight excluding hydrogens is 396 g/mol. The van der Waals surface area contributed by atoms with E-state index in [9.17, 15) is 20.2 Å². The smallest absolute Gasteiger partial charge is 0.276 e. The first-order chi connectivity index (χ1) is 15.0. The Kier molecular flexibility index (Phi) is 7.01. The molecule has 0 atom stereocenters. The van der Waals surface area contributed by atoms with Gasteiger partial charge in [0.25, 0.3) is 11.6 Å². The van der Waals surface area contributed by atoms with E-state index in [-0.39, 0.29) is 17.2 Å². The van der Waals surface area contributed by atoms with E-state index in [2.05, 4.69) is 4.90 Å². The largest absolute Gasteiger partial charge is 0.497 e. The van der Waals surface area contributed by atoms with E-state index in [1.54, 1.807) is 30.2 Å². The number of nitriles is 1. The Morgan fingerprint density at radius 1 is 1.13 bits per heavy atom. The van der Waals surface area contributed by atoms with E-state index < -0.39 is 4.92 Å². The van der Waals surface area contributed by atoms with E-state index in [1.165, 1.54) is 24.3 Å². The summed E-state index contributed by atoms with van der Waals surface area (Å²) >= 11 is 0. The minimum absolute atomic E-state index is 0.00673. The third-order valence-corrected chi connectivity index (χ3v) is 5.03. The lowest BCUT2D eigenvalue weighted by Crippen LogP contribution is -2.49. The van der Waals surface area contributed by atoms with Gasteiger partial charge in [0.1, 0.15) is 17.4 Å². The fourth-order valence-electron chi connectivity index (χ4n) is 3.33. The monoisotopic (exact) mass is 418 g/mol. The Bertz CT molecular complexity index is 1050. The molecule has 0 aliphatic carbocycles. The highest BCUT2D eigenvalue weighted by molar-refractivity contribution is 5.97. The number of para-hydroxylation sites is 1. The number of nitro groups is 1. The number of rotatable bonds is 6. The number of hydrogen-bond donors (Lipinski definition) is 0. The zero-order valence-electron chi connectivity index (χ0n) is 17.1. The van der Waals surface area contributed by atoms with Crippen molar-refractivity contribution >= 4 is 23.4 Å². The molecule has 0 bridgehead atoms. The lowest BCUT2D eigenvalue weighted by molar-refractivity contribution is -0.385. The fourth-order valence-corrected chi connectivity index (χ4v) is 3.33. The number of allylic oxidation sites excluding steroid dienone is 2. The standard InChI is InChI=1S/C23H22N4O4/c1-31-21-11-9-20(10-12-21)25-13-15-26(16-14-25)23(28)19(17-24)7-4-6-18-5-2-3-8-22(18)27(29)30/h2-12H,13-16H2,1H3/b6-4+,19-7+. The number of ether oxygens (including phenoxy) is 1. The quantitative estimate of drug-likeness (QED) is 0.234. The summed E-state index contributed by atoms with van der Waals surface area (Å²) in [5, 5.41) is 20.5. The molecule has 0 unspecified atom stereocenters. The van der Waals surface area contributed by atoms with Crippen molar-refractivity contribution in [3.8, 4) is 11.8 Å². The van der Waals surface area contributed by atoms with Crippen molar-refractivity contribution < 1.29 is 14.5 Å². The van der Waals surface area contributed by atoms with Crippen molar-refractivity contribution in [1.29, 1.82) is 5.26 Å². The summed E-state index contributed by atoms with van der Waals surface area (Å²) in [5.41, 5.74) is 1.41. The van der Waals surface area contributed by atoms with Crippen LogP contribution in [0.25, 0.3) is 6.08 Å². The van der Waals surface area contributed by atoms with Gasteiger partial charge in [0, 0.05) is 37.9 Å². The number of nitro benzene ring substituents is 1. The van der Waals surface area contributed by atoms with Gasteiger partial charge in [0.2, 0.25) is 0 Å². The molecule has 8 heteroatoms. The molecule has 1 aliphatic rings. The summed E-state index contributed by atoms with van der Waals surface area (Å²) in [5.74, 6) is 0.444. The molecule has 2 aromatic carbocycles. The number of piperazine rings is 1. The minimum Gasteiger partial charge on any atom is -0.497 e. The van der Waals surface area contributed by atoms with Crippen LogP contribution in [0.2, 0.25) is 0 Å². The van der Waals surface area contributed by atoms with Crippen LogP contribution >= 0.6 is 0 Å². The number of methoxy groups -OCH3 is 1. The third-order valence-electron chi connectivity index (χ3n) is 5.03. The summed E-state index contributed by atoms with van der Waals surface area (Å²) in [6.45, 7) is 2.31. The van der Waals surface area contributed by atoms with E-state index >= 15 is 0 Å². The van der Waals surface area contributed by atoms with Gasteiger partial charge < -0.3 is 14.5 Å². The SMILES string of the molecule is COc1ccc(N2CCN(C(=O)/C(C#N)=C/C=C/c3ccccc3[N+](=O)[O-])CC2)cc1. The van der Waals surface area contributed by atoms with E-state index in [0.717, 1.165) is 11.4 Å². The third kappa shape index (κ3) is 5.28. The molecule has 0 N–H and O–H groups in total. The van der Waals surface area contributed by atoms with Gasteiger partial charge in [0.15, 0.2) is 0 Å². The van der Waals surface area contributed by atoms with Gasteiger partial charge in [-0.2, -0.15) is 5.26 Å². The second-order valence-corrected chi connectivity index (χ2v) is 6.84. The van der Waals surface area contributed by atoms with E-state index in [1.807, 2.05) is 30.3 Å². The van der Waals surface area contributed by atoms with Crippen molar-refractivity contribution in [2.75, 3.05) is 38.2 Å². The van der Waals surface area contributed by atoms with Crippen molar-refractivity contribution in [2.24, 2.45) is 0 Å². The van der Waals surface area contributed by atoms with Crippen LogP contribution in [0.5, 0.6) is 5.75 Å². The summed E-state index contributed by atoms with van der Waals surface area (Å²) < 4.78 is 5.18. The van der Waals surface area contributed by atoms with Crippen LogP contribution in [-0.2, 0) is 4.79 Å². The maximum atomic E-state index is 12.7. The zero-order chi connectivity index (χ0) is 22.2. The molecule has 1 aliphatic heterocycles. The molecule has 0 aromatic heterocycles. The lowest BCUT2D eigenvalue weighted by atomic mass is 10.1. The maximum Gasteiger partial charge on any atom is 0.276 e. The summed E-state index contributed by atoms with van der Waals surface area (Å²) in [6, 6.07) is 16.0. The number of hydrogen-bond acceptors (Lipinski definition) is 6. The van der Waals surface area contributed by atoms with Crippen molar-refractivity contribution in [3.63, 3.8) is 0 Å².